The Balaban J connectivity index is 1.87. The molecule has 1 saturated heterocycles. The first-order valence-electron chi connectivity index (χ1n) is 7.34. The number of piperidine rings is 1. The number of nitrogens with zero attached hydrogens (tertiary/aromatic N) is 1. The van der Waals surface area contributed by atoms with Crippen molar-refractivity contribution in [2.24, 2.45) is 0 Å². The third kappa shape index (κ3) is 3.72. The first-order valence-corrected chi connectivity index (χ1v) is 7.34. The molecule has 3 heteroatoms. The van der Waals surface area contributed by atoms with Gasteiger partial charge in [0.05, 0.1) is 0 Å². The predicted octanol–water partition coefficient (Wildman–Crippen LogP) is 2.99. The normalized spacial score (nSPS) is 19.4. The van der Waals surface area contributed by atoms with E-state index in [-0.39, 0.29) is 0 Å². The van der Waals surface area contributed by atoms with Crippen LogP contribution in [0.5, 0.6) is 0 Å². The molecule has 1 heterocycles. The molecule has 0 saturated carbocycles. The Hall–Kier alpha value is -1.51. The fourth-order valence-corrected chi connectivity index (χ4v) is 2.83. The number of rotatable bonds is 4. The smallest absolute Gasteiger partial charge is 0.223 e. The molecular formula is C16H24N2O. The summed E-state index contributed by atoms with van der Waals surface area (Å²) in [6.45, 7) is 3.12. The Morgan fingerprint density at radius 2 is 2.05 bits per heavy atom. The van der Waals surface area contributed by atoms with Crippen molar-refractivity contribution in [3.05, 3.63) is 29.8 Å². The molecule has 2 N–H and O–H groups in total. The van der Waals surface area contributed by atoms with E-state index >= 15 is 0 Å². The molecule has 0 spiro atoms. The highest BCUT2D eigenvalue weighted by Gasteiger charge is 2.24. The third-order valence-electron chi connectivity index (χ3n) is 4.03. The van der Waals surface area contributed by atoms with Crippen LogP contribution < -0.4 is 5.73 Å². The van der Waals surface area contributed by atoms with Gasteiger partial charge in [-0.05, 0) is 49.8 Å². The Kier molecular flexibility index (Phi) is 4.83. The van der Waals surface area contributed by atoms with Crippen molar-refractivity contribution in [1.82, 2.24) is 4.90 Å². The highest BCUT2D eigenvalue weighted by Crippen LogP contribution is 2.20. The predicted molar refractivity (Wildman–Crippen MR) is 78.8 cm³/mol. The van der Waals surface area contributed by atoms with Gasteiger partial charge in [-0.15, -0.1) is 0 Å². The zero-order valence-electron chi connectivity index (χ0n) is 11.8. The molecule has 1 unspecified atom stereocenters. The van der Waals surface area contributed by atoms with Gasteiger partial charge in [0.2, 0.25) is 5.91 Å². The van der Waals surface area contributed by atoms with Gasteiger partial charge >= 0.3 is 0 Å². The Morgan fingerprint density at radius 1 is 1.32 bits per heavy atom. The number of hydrogen-bond acceptors (Lipinski definition) is 2. The molecule has 0 radical (unpaired) electrons. The maximum atomic E-state index is 12.3. The number of carbonyl (C=O) groups is 1. The van der Waals surface area contributed by atoms with E-state index in [4.69, 9.17) is 5.73 Å². The van der Waals surface area contributed by atoms with Gasteiger partial charge in [-0.25, -0.2) is 0 Å². The Labute approximate surface area is 115 Å². The lowest BCUT2D eigenvalue weighted by Gasteiger charge is -2.35. The minimum atomic E-state index is 0.309. The average Bonchev–Trinajstić information content (AvgIpc) is 2.46. The molecule has 1 aromatic rings. The van der Waals surface area contributed by atoms with Gasteiger partial charge in [-0.3, -0.25) is 4.79 Å². The maximum Gasteiger partial charge on any atom is 0.223 e. The number of amides is 1. The van der Waals surface area contributed by atoms with Crippen LogP contribution in [0.15, 0.2) is 24.3 Å². The monoisotopic (exact) mass is 260 g/mol. The molecule has 0 aliphatic carbocycles. The molecular weight excluding hydrogens is 236 g/mol. The highest BCUT2D eigenvalue weighted by molar-refractivity contribution is 5.77. The fourth-order valence-electron chi connectivity index (χ4n) is 2.83. The maximum absolute atomic E-state index is 12.3. The molecule has 1 fully saturated rings. The van der Waals surface area contributed by atoms with Crippen molar-refractivity contribution < 1.29 is 4.79 Å². The summed E-state index contributed by atoms with van der Waals surface area (Å²) in [4.78, 5) is 14.4. The molecule has 1 aromatic carbocycles. The fraction of sp³-hybridized carbons (Fsp3) is 0.562. The zero-order valence-corrected chi connectivity index (χ0v) is 11.8. The lowest BCUT2D eigenvalue weighted by Crippen LogP contribution is -2.43. The van der Waals surface area contributed by atoms with E-state index in [1.165, 1.54) is 18.4 Å². The summed E-state index contributed by atoms with van der Waals surface area (Å²) in [5.74, 6) is 0.309. The largest absolute Gasteiger partial charge is 0.399 e. The molecule has 0 bridgehead atoms. The van der Waals surface area contributed by atoms with Gasteiger partial charge in [-0.2, -0.15) is 0 Å². The second kappa shape index (κ2) is 6.60. The molecule has 3 nitrogen and oxygen atoms in total. The second-order valence-corrected chi connectivity index (χ2v) is 5.39. The van der Waals surface area contributed by atoms with Crippen LogP contribution >= 0.6 is 0 Å². The SMILES string of the molecule is CCC1CCCCN1C(=O)CCc1ccc(N)cc1. The first kappa shape index (κ1) is 13.9. The molecule has 1 aliphatic heterocycles. The van der Waals surface area contributed by atoms with Crippen LogP contribution in [-0.2, 0) is 11.2 Å². The van der Waals surface area contributed by atoms with E-state index in [1.54, 1.807) is 0 Å². The molecule has 1 aliphatic rings. The van der Waals surface area contributed by atoms with Gasteiger partial charge in [0.1, 0.15) is 0 Å². The van der Waals surface area contributed by atoms with Crippen LogP contribution in [0, 0.1) is 0 Å². The van der Waals surface area contributed by atoms with Crippen LogP contribution in [-0.4, -0.2) is 23.4 Å². The molecule has 104 valence electrons. The van der Waals surface area contributed by atoms with Gasteiger partial charge in [0, 0.05) is 24.7 Å². The van der Waals surface area contributed by atoms with E-state index in [9.17, 15) is 4.79 Å². The number of nitrogen functional groups attached to an aromatic ring is 1. The van der Waals surface area contributed by atoms with Crippen LogP contribution in [0.25, 0.3) is 0 Å². The topological polar surface area (TPSA) is 46.3 Å². The van der Waals surface area contributed by atoms with Crippen LogP contribution in [0.4, 0.5) is 5.69 Å². The quantitative estimate of drug-likeness (QED) is 0.846. The van der Waals surface area contributed by atoms with Crippen LogP contribution in [0.3, 0.4) is 0 Å². The van der Waals surface area contributed by atoms with E-state index in [0.29, 0.717) is 18.4 Å². The van der Waals surface area contributed by atoms with Crippen molar-refractivity contribution in [3.8, 4) is 0 Å². The average molecular weight is 260 g/mol. The summed E-state index contributed by atoms with van der Waals surface area (Å²) in [6, 6.07) is 8.28. The van der Waals surface area contributed by atoms with Crippen molar-refractivity contribution in [2.45, 2.75) is 51.5 Å². The van der Waals surface area contributed by atoms with E-state index < -0.39 is 0 Å². The second-order valence-electron chi connectivity index (χ2n) is 5.39. The summed E-state index contributed by atoms with van der Waals surface area (Å²) in [7, 11) is 0. The van der Waals surface area contributed by atoms with E-state index in [0.717, 1.165) is 31.5 Å². The molecule has 0 aromatic heterocycles. The number of hydrogen-bond donors (Lipinski definition) is 1. The van der Waals surface area contributed by atoms with Crippen molar-refractivity contribution in [3.63, 3.8) is 0 Å². The van der Waals surface area contributed by atoms with Gasteiger partial charge in [-0.1, -0.05) is 19.1 Å². The summed E-state index contributed by atoms with van der Waals surface area (Å²) in [5, 5.41) is 0. The zero-order chi connectivity index (χ0) is 13.7. The van der Waals surface area contributed by atoms with Crippen LogP contribution in [0.1, 0.15) is 44.6 Å². The highest BCUT2D eigenvalue weighted by atomic mass is 16.2. The summed E-state index contributed by atoms with van der Waals surface area (Å²) in [5.41, 5.74) is 7.62. The summed E-state index contributed by atoms with van der Waals surface area (Å²) in [6.07, 6.45) is 6.09. The number of benzene rings is 1. The molecule has 1 atom stereocenters. The lowest BCUT2D eigenvalue weighted by atomic mass is 9.99. The number of nitrogens with two attached hydrogens (primary N) is 1. The number of anilines is 1. The molecule has 1 amide bonds. The number of carbonyl (C=O) groups excluding carboxylic acids is 1. The number of likely N-dealkylation sites (tertiary alicyclic amines) is 1. The minimum Gasteiger partial charge on any atom is -0.399 e. The van der Waals surface area contributed by atoms with Gasteiger partial charge < -0.3 is 10.6 Å². The van der Waals surface area contributed by atoms with Crippen molar-refractivity contribution >= 4 is 11.6 Å². The lowest BCUT2D eigenvalue weighted by molar-refractivity contribution is -0.134. The van der Waals surface area contributed by atoms with Gasteiger partial charge in [0.25, 0.3) is 0 Å². The van der Waals surface area contributed by atoms with Crippen molar-refractivity contribution in [1.29, 1.82) is 0 Å². The summed E-state index contributed by atoms with van der Waals surface area (Å²) < 4.78 is 0. The number of aryl methyl sites for hydroxylation is 1. The Bertz CT molecular complexity index is 413. The molecule has 2 rings (SSSR count). The minimum absolute atomic E-state index is 0.309. The van der Waals surface area contributed by atoms with E-state index in [1.807, 2.05) is 24.3 Å². The van der Waals surface area contributed by atoms with Gasteiger partial charge in [0.15, 0.2) is 0 Å². The Morgan fingerprint density at radius 3 is 2.74 bits per heavy atom. The standard InChI is InChI=1S/C16H24N2O/c1-2-15-5-3-4-12-18(15)16(19)11-8-13-6-9-14(17)10-7-13/h6-7,9-10,15H,2-5,8,11-12,17H2,1H3. The summed E-state index contributed by atoms with van der Waals surface area (Å²) >= 11 is 0. The van der Waals surface area contributed by atoms with E-state index in [2.05, 4.69) is 11.8 Å². The first-order chi connectivity index (χ1) is 9.20. The van der Waals surface area contributed by atoms with Crippen LogP contribution in [0.2, 0.25) is 0 Å². The third-order valence-corrected chi connectivity index (χ3v) is 4.03. The molecule has 19 heavy (non-hydrogen) atoms. The van der Waals surface area contributed by atoms with Crippen molar-refractivity contribution in [2.75, 3.05) is 12.3 Å².